The van der Waals surface area contributed by atoms with Crippen LogP contribution in [0.15, 0.2) is 41.3 Å². The summed E-state index contributed by atoms with van der Waals surface area (Å²) in [6, 6.07) is 8.07. The average molecular weight is 191 g/mol. The van der Waals surface area contributed by atoms with Crippen molar-refractivity contribution in [2.75, 3.05) is 0 Å². The van der Waals surface area contributed by atoms with E-state index in [0.29, 0.717) is 0 Å². The monoisotopic (exact) mass is 191 g/mol. The van der Waals surface area contributed by atoms with Crippen LogP contribution >= 0.6 is 11.9 Å². The highest BCUT2D eigenvalue weighted by Crippen LogP contribution is 2.21. The maximum absolute atomic E-state index is 11.0. The van der Waals surface area contributed by atoms with Crippen LogP contribution in [-0.4, -0.2) is 5.91 Å². The topological polar surface area (TPSA) is 29.1 Å². The summed E-state index contributed by atoms with van der Waals surface area (Å²) >= 11 is 1.38. The standard InChI is InChI=1S/C10H9NOS/c12-10-7-3-5-8-4-1-2-6-9(8)13-11-10/h1-4,6-7H,5H2,(H,11,12)/b7-3-. The molecule has 1 N–H and O–H groups in total. The van der Waals surface area contributed by atoms with Crippen LogP contribution in [0.25, 0.3) is 0 Å². The van der Waals surface area contributed by atoms with Crippen LogP contribution in [0.2, 0.25) is 0 Å². The van der Waals surface area contributed by atoms with Crippen LogP contribution in [0.1, 0.15) is 5.56 Å². The van der Waals surface area contributed by atoms with Gasteiger partial charge in [-0.1, -0.05) is 24.3 Å². The third-order valence-electron chi connectivity index (χ3n) is 1.84. The maximum Gasteiger partial charge on any atom is 0.253 e. The minimum atomic E-state index is -0.0421. The third-order valence-corrected chi connectivity index (χ3v) is 2.76. The summed E-state index contributed by atoms with van der Waals surface area (Å²) in [7, 11) is 0. The van der Waals surface area contributed by atoms with Crippen molar-refractivity contribution < 1.29 is 4.79 Å². The van der Waals surface area contributed by atoms with E-state index in [-0.39, 0.29) is 5.91 Å². The van der Waals surface area contributed by atoms with Gasteiger partial charge < -0.3 is 0 Å². The fourth-order valence-electron chi connectivity index (χ4n) is 1.20. The molecule has 13 heavy (non-hydrogen) atoms. The van der Waals surface area contributed by atoms with E-state index in [1.165, 1.54) is 17.5 Å². The molecule has 0 bridgehead atoms. The Bertz CT molecular complexity index is 360. The Kier molecular flexibility index (Phi) is 2.36. The van der Waals surface area contributed by atoms with E-state index in [1.807, 2.05) is 24.3 Å². The normalized spacial score (nSPS) is 18.0. The van der Waals surface area contributed by atoms with E-state index in [9.17, 15) is 4.79 Å². The molecule has 0 saturated heterocycles. The van der Waals surface area contributed by atoms with Gasteiger partial charge in [-0.2, -0.15) is 0 Å². The Labute approximate surface area is 81.2 Å². The Hall–Kier alpha value is -1.22. The molecule has 0 atom stereocenters. The van der Waals surface area contributed by atoms with Crippen LogP contribution in [0.5, 0.6) is 0 Å². The number of rotatable bonds is 0. The molecule has 2 rings (SSSR count). The van der Waals surface area contributed by atoms with Gasteiger partial charge in [0.05, 0.1) is 0 Å². The lowest BCUT2D eigenvalue weighted by molar-refractivity contribution is -0.114. The summed E-state index contributed by atoms with van der Waals surface area (Å²) in [6.45, 7) is 0. The van der Waals surface area contributed by atoms with E-state index < -0.39 is 0 Å². The Morgan fingerprint density at radius 3 is 3.08 bits per heavy atom. The number of carbonyl (C=O) groups is 1. The van der Waals surface area contributed by atoms with Gasteiger partial charge >= 0.3 is 0 Å². The highest BCUT2D eigenvalue weighted by Gasteiger charge is 2.05. The number of hydrogen-bond donors (Lipinski definition) is 1. The van der Waals surface area contributed by atoms with Crippen LogP contribution < -0.4 is 4.72 Å². The van der Waals surface area contributed by atoms with Crippen LogP contribution in [0, 0.1) is 0 Å². The lowest BCUT2D eigenvalue weighted by Crippen LogP contribution is -2.13. The van der Waals surface area contributed by atoms with E-state index in [4.69, 9.17) is 0 Å². The minimum Gasteiger partial charge on any atom is -0.292 e. The molecule has 0 unspecified atom stereocenters. The molecule has 2 nitrogen and oxygen atoms in total. The number of amides is 1. The van der Waals surface area contributed by atoms with Gasteiger partial charge in [-0.15, -0.1) is 0 Å². The van der Waals surface area contributed by atoms with Crippen molar-refractivity contribution in [3.05, 3.63) is 42.0 Å². The molecule has 1 heterocycles. The van der Waals surface area contributed by atoms with Crippen LogP contribution in [-0.2, 0) is 11.2 Å². The zero-order chi connectivity index (χ0) is 9.10. The van der Waals surface area contributed by atoms with Gasteiger partial charge in [0.2, 0.25) is 0 Å². The zero-order valence-electron chi connectivity index (χ0n) is 6.99. The molecule has 1 aliphatic heterocycles. The quantitative estimate of drug-likeness (QED) is 0.635. The first-order chi connectivity index (χ1) is 6.36. The van der Waals surface area contributed by atoms with E-state index in [2.05, 4.69) is 10.8 Å². The number of hydrogen-bond acceptors (Lipinski definition) is 2. The molecule has 1 amide bonds. The molecule has 0 saturated carbocycles. The Morgan fingerprint density at radius 2 is 2.15 bits per heavy atom. The van der Waals surface area contributed by atoms with Crippen molar-refractivity contribution >= 4 is 17.9 Å². The Balaban J connectivity index is 2.33. The first-order valence-electron chi connectivity index (χ1n) is 4.07. The van der Waals surface area contributed by atoms with E-state index in [1.54, 1.807) is 6.08 Å². The molecule has 0 fully saturated rings. The molecular formula is C10H9NOS. The maximum atomic E-state index is 11.0. The number of fused-ring (bicyclic) bond motifs is 1. The molecule has 0 spiro atoms. The first-order valence-corrected chi connectivity index (χ1v) is 4.89. The third kappa shape index (κ3) is 1.92. The van der Waals surface area contributed by atoms with Gasteiger partial charge in [-0.05, 0) is 30.0 Å². The smallest absolute Gasteiger partial charge is 0.253 e. The van der Waals surface area contributed by atoms with E-state index >= 15 is 0 Å². The minimum absolute atomic E-state index is 0.0421. The van der Waals surface area contributed by atoms with Crippen molar-refractivity contribution in [3.63, 3.8) is 0 Å². The fraction of sp³-hybridized carbons (Fsp3) is 0.100. The molecule has 3 heteroatoms. The van der Waals surface area contributed by atoms with Crippen LogP contribution in [0.4, 0.5) is 0 Å². The number of allylic oxidation sites excluding steroid dienone is 1. The number of carbonyl (C=O) groups excluding carboxylic acids is 1. The van der Waals surface area contributed by atoms with Gasteiger partial charge in [0.1, 0.15) is 0 Å². The average Bonchev–Trinajstić information content (AvgIpc) is 2.13. The van der Waals surface area contributed by atoms with Crippen molar-refractivity contribution in [1.29, 1.82) is 0 Å². The van der Waals surface area contributed by atoms with Gasteiger partial charge in [-0.25, -0.2) is 0 Å². The summed E-state index contributed by atoms with van der Waals surface area (Å²) in [5.41, 5.74) is 1.25. The molecule has 1 aliphatic rings. The zero-order valence-corrected chi connectivity index (χ0v) is 7.80. The lowest BCUT2D eigenvalue weighted by atomic mass is 10.1. The predicted molar refractivity (Wildman–Crippen MR) is 53.3 cm³/mol. The highest BCUT2D eigenvalue weighted by atomic mass is 32.2. The van der Waals surface area contributed by atoms with Crippen molar-refractivity contribution in [2.24, 2.45) is 0 Å². The second kappa shape index (κ2) is 3.66. The lowest BCUT2D eigenvalue weighted by Gasteiger charge is -2.09. The Morgan fingerprint density at radius 1 is 1.31 bits per heavy atom. The fourth-order valence-corrected chi connectivity index (χ4v) is 1.91. The van der Waals surface area contributed by atoms with Gasteiger partial charge in [-0.3, -0.25) is 9.52 Å². The van der Waals surface area contributed by atoms with Gasteiger partial charge in [0, 0.05) is 11.0 Å². The summed E-state index contributed by atoms with van der Waals surface area (Å²) in [5.74, 6) is -0.0421. The molecular weight excluding hydrogens is 182 g/mol. The molecule has 0 aliphatic carbocycles. The highest BCUT2D eigenvalue weighted by molar-refractivity contribution is 7.98. The van der Waals surface area contributed by atoms with Crippen molar-refractivity contribution in [2.45, 2.75) is 11.3 Å². The second-order valence-electron chi connectivity index (χ2n) is 2.78. The largest absolute Gasteiger partial charge is 0.292 e. The van der Waals surface area contributed by atoms with E-state index in [0.717, 1.165) is 11.3 Å². The SMILES string of the molecule is O=C1/C=C\Cc2ccccc2SN1. The molecule has 1 aromatic carbocycles. The predicted octanol–water partition coefficient (Wildman–Crippen LogP) is 1.92. The van der Waals surface area contributed by atoms with Crippen LogP contribution in [0.3, 0.4) is 0 Å². The van der Waals surface area contributed by atoms with Gasteiger partial charge in [0.15, 0.2) is 0 Å². The van der Waals surface area contributed by atoms with Crippen molar-refractivity contribution in [1.82, 2.24) is 4.72 Å². The molecule has 66 valence electrons. The number of nitrogens with one attached hydrogen (secondary N) is 1. The summed E-state index contributed by atoms with van der Waals surface area (Å²) < 4.78 is 2.73. The first kappa shape index (κ1) is 8.38. The number of benzene rings is 1. The molecule has 1 aromatic rings. The summed E-state index contributed by atoms with van der Waals surface area (Å²) in [5, 5.41) is 0. The second-order valence-corrected chi connectivity index (χ2v) is 3.63. The summed E-state index contributed by atoms with van der Waals surface area (Å²) in [6.07, 6.45) is 4.29. The molecule has 0 aromatic heterocycles. The van der Waals surface area contributed by atoms with Crippen molar-refractivity contribution in [3.8, 4) is 0 Å². The molecule has 0 radical (unpaired) electrons. The van der Waals surface area contributed by atoms with Gasteiger partial charge in [0.25, 0.3) is 5.91 Å². The summed E-state index contributed by atoms with van der Waals surface area (Å²) in [4.78, 5) is 12.2.